The first-order chi connectivity index (χ1) is 8.61. The van der Waals surface area contributed by atoms with Crippen LogP contribution < -0.4 is 5.73 Å². The molecule has 3 N–H and O–H groups in total. The standard InChI is InChI=1S/C9H11NO2.C5H11Cl/c10-8(9(11)12)6-7-4-2-1-3-5-7;1-2-3-4-5-6/h1-5,8H,6,10H2,(H,11,12);2-5H2,1H3. The Bertz CT molecular complexity index is 313. The zero-order valence-electron chi connectivity index (χ0n) is 10.8. The van der Waals surface area contributed by atoms with E-state index in [1.54, 1.807) is 0 Å². The zero-order valence-corrected chi connectivity index (χ0v) is 11.6. The van der Waals surface area contributed by atoms with E-state index in [-0.39, 0.29) is 0 Å². The Hall–Kier alpha value is -1.06. The molecule has 1 aromatic carbocycles. The first kappa shape index (κ1) is 16.9. The van der Waals surface area contributed by atoms with Gasteiger partial charge in [-0.2, -0.15) is 0 Å². The van der Waals surface area contributed by atoms with Gasteiger partial charge >= 0.3 is 5.97 Å². The Kier molecular flexibility index (Phi) is 10.4. The fraction of sp³-hybridized carbons (Fsp3) is 0.500. The molecule has 102 valence electrons. The quantitative estimate of drug-likeness (QED) is 0.617. The van der Waals surface area contributed by atoms with Crippen LogP contribution in [0.4, 0.5) is 0 Å². The second-order valence-corrected chi connectivity index (χ2v) is 4.41. The van der Waals surface area contributed by atoms with Gasteiger partial charge in [-0.15, -0.1) is 11.6 Å². The lowest BCUT2D eigenvalue weighted by molar-refractivity contribution is -0.138. The topological polar surface area (TPSA) is 63.3 Å². The number of carbonyl (C=O) groups is 1. The van der Waals surface area contributed by atoms with E-state index in [0.717, 1.165) is 11.4 Å². The minimum atomic E-state index is -0.959. The maximum Gasteiger partial charge on any atom is 0.320 e. The van der Waals surface area contributed by atoms with Gasteiger partial charge in [0.2, 0.25) is 0 Å². The summed E-state index contributed by atoms with van der Waals surface area (Å²) in [5.41, 5.74) is 6.30. The molecule has 3 nitrogen and oxygen atoms in total. The Labute approximate surface area is 114 Å². The highest BCUT2D eigenvalue weighted by molar-refractivity contribution is 6.17. The summed E-state index contributed by atoms with van der Waals surface area (Å²) < 4.78 is 0. The number of hydrogen-bond acceptors (Lipinski definition) is 2. The van der Waals surface area contributed by atoms with E-state index in [4.69, 9.17) is 22.4 Å². The van der Waals surface area contributed by atoms with E-state index in [0.29, 0.717) is 6.42 Å². The van der Waals surface area contributed by atoms with Crippen LogP contribution in [0, 0.1) is 0 Å². The fourth-order valence-electron chi connectivity index (χ4n) is 1.30. The van der Waals surface area contributed by atoms with Gasteiger partial charge in [0, 0.05) is 5.88 Å². The van der Waals surface area contributed by atoms with Gasteiger partial charge in [-0.1, -0.05) is 50.1 Å². The molecule has 0 aliphatic heterocycles. The number of rotatable bonds is 6. The van der Waals surface area contributed by atoms with Crippen molar-refractivity contribution in [2.75, 3.05) is 5.88 Å². The Balaban J connectivity index is 0.000000411. The van der Waals surface area contributed by atoms with Crippen LogP contribution in [0.15, 0.2) is 30.3 Å². The second kappa shape index (κ2) is 11.1. The van der Waals surface area contributed by atoms with Crippen LogP contribution in [0.1, 0.15) is 31.7 Å². The average Bonchev–Trinajstić information content (AvgIpc) is 2.38. The van der Waals surface area contributed by atoms with Gasteiger partial charge in [0.25, 0.3) is 0 Å². The van der Waals surface area contributed by atoms with Crippen molar-refractivity contribution in [1.29, 1.82) is 0 Å². The highest BCUT2D eigenvalue weighted by Gasteiger charge is 2.10. The number of nitrogens with two attached hydrogens (primary N) is 1. The van der Waals surface area contributed by atoms with Crippen molar-refractivity contribution in [1.82, 2.24) is 0 Å². The van der Waals surface area contributed by atoms with Crippen molar-refractivity contribution in [3.63, 3.8) is 0 Å². The fourth-order valence-corrected chi connectivity index (χ4v) is 1.49. The summed E-state index contributed by atoms with van der Waals surface area (Å²) in [6.45, 7) is 2.17. The van der Waals surface area contributed by atoms with E-state index >= 15 is 0 Å². The molecular weight excluding hydrogens is 250 g/mol. The second-order valence-electron chi connectivity index (χ2n) is 4.03. The number of halogens is 1. The van der Waals surface area contributed by atoms with Crippen molar-refractivity contribution >= 4 is 17.6 Å². The summed E-state index contributed by atoms with van der Waals surface area (Å²) in [7, 11) is 0. The van der Waals surface area contributed by atoms with Gasteiger partial charge in [-0.25, -0.2) is 0 Å². The Morgan fingerprint density at radius 1 is 1.33 bits per heavy atom. The monoisotopic (exact) mass is 271 g/mol. The third-order valence-electron chi connectivity index (χ3n) is 2.35. The van der Waals surface area contributed by atoms with Crippen LogP contribution in [-0.2, 0) is 11.2 Å². The summed E-state index contributed by atoms with van der Waals surface area (Å²) in [5, 5.41) is 8.52. The lowest BCUT2D eigenvalue weighted by atomic mass is 10.1. The molecule has 0 fully saturated rings. The predicted octanol–water partition coefficient (Wildman–Crippen LogP) is 3.06. The molecule has 0 spiro atoms. The number of carboxylic acid groups (broad SMARTS) is 1. The van der Waals surface area contributed by atoms with E-state index in [1.807, 2.05) is 30.3 Å². The molecule has 4 heteroatoms. The average molecular weight is 272 g/mol. The van der Waals surface area contributed by atoms with Gasteiger partial charge in [-0.05, 0) is 18.4 Å². The van der Waals surface area contributed by atoms with E-state index in [2.05, 4.69) is 6.92 Å². The van der Waals surface area contributed by atoms with Crippen molar-refractivity contribution in [2.24, 2.45) is 5.73 Å². The minimum Gasteiger partial charge on any atom is -0.480 e. The number of benzene rings is 1. The van der Waals surface area contributed by atoms with Gasteiger partial charge in [0.1, 0.15) is 6.04 Å². The van der Waals surface area contributed by atoms with Crippen molar-refractivity contribution < 1.29 is 9.90 Å². The molecule has 0 saturated heterocycles. The first-order valence-corrected chi connectivity index (χ1v) is 6.73. The maximum atomic E-state index is 10.4. The molecule has 0 aliphatic rings. The van der Waals surface area contributed by atoms with Crippen LogP contribution >= 0.6 is 11.6 Å². The third-order valence-corrected chi connectivity index (χ3v) is 2.62. The van der Waals surface area contributed by atoms with Gasteiger partial charge in [0.05, 0.1) is 0 Å². The molecular formula is C14H22ClNO2. The lowest BCUT2D eigenvalue weighted by Gasteiger charge is -2.04. The van der Waals surface area contributed by atoms with E-state index < -0.39 is 12.0 Å². The van der Waals surface area contributed by atoms with E-state index in [1.165, 1.54) is 19.3 Å². The Morgan fingerprint density at radius 3 is 2.33 bits per heavy atom. The molecule has 0 saturated carbocycles. The molecule has 1 unspecified atom stereocenters. The summed E-state index contributed by atoms with van der Waals surface area (Å²) in [6, 6.07) is 8.54. The molecule has 0 aliphatic carbocycles. The molecule has 0 radical (unpaired) electrons. The minimum absolute atomic E-state index is 0.385. The van der Waals surface area contributed by atoms with Crippen LogP contribution in [0.25, 0.3) is 0 Å². The Morgan fingerprint density at radius 2 is 1.94 bits per heavy atom. The molecule has 0 amide bonds. The third kappa shape index (κ3) is 9.02. The highest BCUT2D eigenvalue weighted by Crippen LogP contribution is 2.01. The highest BCUT2D eigenvalue weighted by atomic mass is 35.5. The molecule has 0 aromatic heterocycles. The number of carboxylic acids is 1. The summed E-state index contributed by atoms with van der Waals surface area (Å²) >= 11 is 5.38. The van der Waals surface area contributed by atoms with Gasteiger partial charge in [0.15, 0.2) is 0 Å². The SMILES string of the molecule is CCCCCCl.NC(Cc1ccccc1)C(=O)O. The normalized spacial score (nSPS) is 11.3. The molecule has 18 heavy (non-hydrogen) atoms. The molecule has 0 heterocycles. The van der Waals surface area contributed by atoms with Crippen LogP contribution in [-0.4, -0.2) is 23.0 Å². The van der Waals surface area contributed by atoms with Gasteiger partial charge < -0.3 is 10.8 Å². The predicted molar refractivity (Wildman–Crippen MR) is 76.0 cm³/mol. The lowest BCUT2D eigenvalue weighted by Crippen LogP contribution is -2.32. The number of alkyl halides is 1. The largest absolute Gasteiger partial charge is 0.480 e. The van der Waals surface area contributed by atoms with E-state index in [9.17, 15) is 4.79 Å². The molecule has 1 aromatic rings. The first-order valence-electron chi connectivity index (χ1n) is 6.20. The van der Waals surface area contributed by atoms with Crippen LogP contribution in [0.2, 0.25) is 0 Å². The van der Waals surface area contributed by atoms with Crippen LogP contribution in [0.5, 0.6) is 0 Å². The molecule has 1 rings (SSSR count). The van der Waals surface area contributed by atoms with Crippen molar-refractivity contribution in [2.45, 2.75) is 38.6 Å². The van der Waals surface area contributed by atoms with Crippen molar-refractivity contribution in [3.05, 3.63) is 35.9 Å². The van der Waals surface area contributed by atoms with Crippen molar-refractivity contribution in [3.8, 4) is 0 Å². The molecule has 1 atom stereocenters. The number of unbranched alkanes of at least 4 members (excludes halogenated alkanes) is 2. The summed E-state index contributed by atoms with van der Waals surface area (Å²) in [6.07, 6.45) is 4.12. The number of hydrogen-bond donors (Lipinski definition) is 2. The molecule has 0 bridgehead atoms. The van der Waals surface area contributed by atoms with Crippen LogP contribution in [0.3, 0.4) is 0 Å². The summed E-state index contributed by atoms with van der Waals surface area (Å²) in [4.78, 5) is 10.4. The maximum absolute atomic E-state index is 10.4. The summed E-state index contributed by atoms with van der Waals surface area (Å²) in [5.74, 6) is -0.132. The van der Waals surface area contributed by atoms with Gasteiger partial charge in [-0.3, -0.25) is 4.79 Å². The smallest absolute Gasteiger partial charge is 0.320 e. The zero-order chi connectivity index (χ0) is 13.8. The number of aliphatic carboxylic acids is 1.